The third kappa shape index (κ3) is 3.56. The summed E-state index contributed by atoms with van der Waals surface area (Å²) in [5.74, 6) is -0.110. The molecule has 2 rings (SSSR count). The van der Waals surface area contributed by atoms with E-state index in [9.17, 15) is 4.79 Å². The van der Waals surface area contributed by atoms with Gasteiger partial charge in [-0.2, -0.15) is 0 Å². The van der Waals surface area contributed by atoms with Crippen LogP contribution in [0.25, 0.3) is 0 Å². The van der Waals surface area contributed by atoms with E-state index in [0.717, 1.165) is 18.4 Å². The van der Waals surface area contributed by atoms with E-state index in [2.05, 4.69) is 0 Å². The Bertz CT molecular complexity index is 360. The molecule has 0 radical (unpaired) electrons. The molecule has 2 N–H and O–H groups in total. The average Bonchev–Trinajstić information content (AvgIpc) is 2.32. The molecular weight excluding hydrogens is 214 g/mol. The zero-order valence-corrected chi connectivity index (χ0v) is 9.97. The number of carbonyl (C=O) groups excluding carboxylic acids is 1. The van der Waals surface area contributed by atoms with Crippen molar-refractivity contribution in [3.8, 4) is 0 Å². The van der Waals surface area contributed by atoms with E-state index in [4.69, 9.17) is 10.5 Å². The number of benzene rings is 1. The number of hydrogen-bond donors (Lipinski definition) is 1. The van der Waals surface area contributed by atoms with E-state index in [1.165, 1.54) is 6.42 Å². The fraction of sp³-hybridized carbons (Fsp3) is 0.500. The molecular formula is C14H19NO2. The minimum atomic E-state index is -0.110. The van der Waals surface area contributed by atoms with E-state index >= 15 is 0 Å². The largest absolute Gasteiger partial charge is 0.462 e. The second-order valence-corrected chi connectivity index (χ2v) is 4.60. The maximum atomic E-state index is 11.5. The Balaban J connectivity index is 1.72. The second-order valence-electron chi connectivity index (χ2n) is 4.60. The van der Waals surface area contributed by atoms with Crippen LogP contribution >= 0.6 is 0 Å². The molecule has 1 aromatic rings. The summed E-state index contributed by atoms with van der Waals surface area (Å²) in [5.41, 5.74) is 7.09. The molecule has 1 saturated carbocycles. The van der Waals surface area contributed by atoms with E-state index in [0.29, 0.717) is 12.8 Å². The van der Waals surface area contributed by atoms with Gasteiger partial charge in [0, 0.05) is 12.5 Å². The normalized spacial score (nSPS) is 17.2. The standard InChI is InChI=1S/C14H19NO2/c15-13(11-5-2-1-3-6-11)9-10-14(16)17-12-7-4-8-12/h1-3,5-6,12-13H,4,7-10,15H2. The van der Waals surface area contributed by atoms with Gasteiger partial charge in [0.05, 0.1) is 0 Å². The predicted molar refractivity (Wildman–Crippen MR) is 66.3 cm³/mol. The second kappa shape index (κ2) is 5.82. The fourth-order valence-corrected chi connectivity index (χ4v) is 1.87. The van der Waals surface area contributed by atoms with Crippen LogP contribution < -0.4 is 5.73 Å². The van der Waals surface area contributed by atoms with E-state index in [1.54, 1.807) is 0 Å². The lowest BCUT2D eigenvalue weighted by Crippen LogP contribution is -2.25. The third-order valence-electron chi connectivity index (χ3n) is 3.24. The highest BCUT2D eigenvalue weighted by atomic mass is 16.5. The van der Waals surface area contributed by atoms with Gasteiger partial charge in [-0.15, -0.1) is 0 Å². The van der Waals surface area contributed by atoms with Crippen LogP contribution in [0.15, 0.2) is 30.3 Å². The maximum Gasteiger partial charge on any atom is 0.306 e. The number of esters is 1. The number of carbonyl (C=O) groups is 1. The molecule has 1 atom stereocenters. The molecule has 17 heavy (non-hydrogen) atoms. The predicted octanol–water partition coefficient (Wildman–Crippen LogP) is 2.56. The molecule has 0 bridgehead atoms. The highest BCUT2D eigenvalue weighted by Gasteiger charge is 2.21. The molecule has 92 valence electrons. The lowest BCUT2D eigenvalue weighted by atomic mass is 9.96. The van der Waals surface area contributed by atoms with Gasteiger partial charge in [-0.3, -0.25) is 4.79 Å². The first-order valence-corrected chi connectivity index (χ1v) is 6.25. The van der Waals surface area contributed by atoms with Crippen molar-refractivity contribution >= 4 is 5.97 Å². The maximum absolute atomic E-state index is 11.5. The Labute approximate surface area is 102 Å². The van der Waals surface area contributed by atoms with Gasteiger partial charge in [0.2, 0.25) is 0 Å². The van der Waals surface area contributed by atoms with Crippen molar-refractivity contribution < 1.29 is 9.53 Å². The van der Waals surface area contributed by atoms with Gasteiger partial charge >= 0.3 is 5.97 Å². The van der Waals surface area contributed by atoms with Crippen LogP contribution in [-0.4, -0.2) is 12.1 Å². The summed E-state index contributed by atoms with van der Waals surface area (Å²) in [6.45, 7) is 0. The van der Waals surface area contributed by atoms with Crippen molar-refractivity contribution in [1.82, 2.24) is 0 Å². The summed E-state index contributed by atoms with van der Waals surface area (Å²) in [6, 6.07) is 9.78. The van der Waals surface area contributed by atoms with Gasteiger partial charge in [-0.1, -0.05) is 30.3 Å². The highest BCUT2D eigenvalue weighted by Crippen LogP contribution is 2.23. The van der Waals surface area contributed by atoms with Crippen LogP contribution in [0, 0.1) is 0 Å². The van der Waals surface area contributed by atoms with Crippen LogP contribution in [0.4, 0.5) is 0 Å². The van der Waals surface area contributed by atoms with Crippen molar-refractivity contribution in [1.29, 1.82) is 0 Å². The molecule has 3 heteroatoms. The van der Waals surface area contributed by atoms with Crippen molar-refractivity contribution in [2.24, 2.45) is 5.73 Å². The molecule has 0 aromatic heterocycles. The summed E-state index contributed by atoms with van der Waals surface area (Å²) < 4.78 is 5.28. The van der Waals surface area contributed by atoms with Gasteiger partial charge in [0.1, 0.15) is 6.10 Å². The minimum Gasteiger partial charge on any atom is -0.462 e. The minimum absolute atomic E-state index is 0.0786. The van der Waals surface area contributed by atoms with Crippen LogP contribution in [0.1, 0.15) is 43.7 Å². The molecule has 0 spiro atoms. The summed E-state index contributed by atoms with van der Waals surface area (Å²) in [5, 5.41) is 0. The first kappa shape index (κ1) is 12.1. The van der Waals surface area contributed by atoms with Crippen molar-refractivity contribution in [2.75, 3.05) is 0 Å². The molecule has 0 amide bonds. The SMILES string of the molecule is NC(CCC(=O)OC1CCC1)c1ccccc1. The lowest BCUT2D eigenvalue weighted by Gasteiger charge is -2.25. The number of nitrogens with two attached hydrogens (primary N) is 1. The van der Waals surface area contributed by atoms with Gasteiger partial charge in [-0.05, 0) is 31.2 Å². The first-order chi connectivity index (χ1) is 8.25. The zero-order chi connectivity index (χ0) is 12.1. The Morgan fingerprint density at radius 2 is 2.06 bits per heavy atom. The smallest absolute Gasteiger partial charge is 0.306 e. The monoisotopic (exact) mass is 233 g/mol. The van der Waals surface area contributed by atoms with E-state index < -0.39 is 0 Å². The summed E-state index contributed by atoms with van der Waals surface area (Å²) in [6.07, 6.45) is 4.46. The Kier molecular flexibility index (Phi) is 4.15. The van der Waals surface area contributed by atoms with Crippen molar-refractivity contribution in [3.63, 3.8) is 0 Å². The summed E-state index contributed by atoms with van der Waals surface area (Å²) in [7, 11) is 0. The van der Waals surface area contributed by atoms with E-state index in [-0.39, 0.29) is 18.1 Å². The molecule has 1 aliphatic rings. The molecule has 1 aliphatic carbocycles. The lowest BCUT2D eigenvalue weighted by molar-refractivity contribution is -0.153. The molecule has 0 heterocycles. The Morgan fingerprint density at radius 3 is 2.65 bits per heavy atom. The fourth-order valence-electron chi connectivity index (χ4n) is 1.87. The Hall–Kier alpha value is -1.35. The van der Waals surface area contributed by atoms with Crippen molar-refractivity contribution in [3.05, 3.63) is 35.9 Å². The molecule has 0 aliphatic heterocycles. The van der Waals surface area contributed by atoms with Crippen LogP contribution in [-0.2, 0) is 9.53 Å². The molecule has 3 nitrogen and oxygen atoms in total. The van der Waals surface area contributed by atoms with Crippen LogP contribution in [0.2, 0.25) is 0 Å². The number of rotatable bonds is 5. The number of ether oxygens (including phenoxy) is 1. The zero-order valence-electron chi connectivity index (χ0n) is 9.97. The third-order valence-corrected chi connectivity index (χ3v) is 3.24. The van der Waals surface area contributed by atoms with Crippen molar-refractivity contribution in [2.45, 2.75) is 44.2 Å². The van der Waals surface area contributed by atoms with E-state index in [1.807, 2.05) is 30.3 Å². The average molecular weight is 233 g/mol. The van der Waals surface area contributed by atoms with Gasteiger partial charge < -0.3 is 10.5 Å². The van der Waals surface area contributed by atoms with Crippen LogP contribution in [0.5, 0.6) is 0 Å². The topological polar surface area (TPSA) is 52.3 Å². The van der Waals surface area contributed by atoms with Gasteiger partial charge in [0.15, 0.2) is 0 Å². The molecule has 1 fully saturated rings. The number of hydrogen-bond acceptors (Lipinski definition) is 3. The molecule has 1 aromatic carbocycles. The van der Waals surface area contributed by atoms with Crippen LogP contribution in [0.3, 0.4) is 0 Å². The van der Waals surface area contributed by atoms with Gasteiger partial charge in [-0.25, -0.2) is 0 Å². The quantitative estimate of drug-likeness (QED) is 0.795. The summed E-state index contributed by atoms with van der Waals surface area (Å²) in [4.78, 5) is 11.5. The molecule has 0 saturated heterocycles. The first-order valence-electron chi connectivity index (χ1n) is 6.25. The summed E-state index contributed by atoms with van der Waals surface area (Å²) >= 11 is 0. The molecule has 1 unspecified atom stereocenters. The Morgan fingerprint density at radius 1 is 1.35 bits per heavy atom. The highest BCUT2D eigenvalue weighted by molar-refractivity contribution is 5.69. The van der Waals surface area contributed by atoms with Gasteiger partial charge in [0.25, 0.3) is 0 Å².